The summed E-state index contributed by atoms with van der Waals surface area (Å²) in [6.45, 7) is 4.63. The Morgan fingerprint density at radius 2 is 1.71 bits per heavy atom. The summed E-state index contributed by atoms with van der Waals surface area (Å²) in [7, 11) is 0. The number of hydrogen-bond donors (Lipinski definition) is 2. The van der Waals surface area contributed by atoms with Gasteiger partial charge in [-0.25, -0.2) is 4.39 Å². The van der Waals surface area contributed by atoms with E-state index in [2.05, 4.69) is 20.8 Å². The van der Waals surface area contributed by atoms with Crippen LogP contribution in [0.15, 0.2) is 48.7 Å². The Balaban J connectivity index is 1.43. The van der Waals surface area contributed by atoms with Crippen LogP contribution in [-0.2, 0) is 13.1 Å². The Hall–Kier alpha value is -2.65. The molecule has 0 spiro atoms. The number of rotatable bonds is 6. The minimum Gasteiger partial charge on any atom is -0.329 e. The van der Waals surface area contributed by atoms with Gasteiger partial charge in [-0.2, -0.15) is 10.2 Å². The Kier molecular flexibility index (Phi) is 7.42. The zero-order chi connectivity index (χ0) is 24.4. The maximum atomic E-state index is 13.3. The normalized spacial score (nSPS) is 11.0. The highest BCUT2D eigenvalue weighted by Gasteiger charge is 2.15. The molecule has 34 heavy (non-hydrogen) atoms. The molecule has 0 aliphatic carbocycles. The van der Waals surface area contributed by atoms with Gasteiger partial charge in [-0.1, -0.05) is 46.9 Å². The van der Waals surface area contributed by atoms with Crippen LogP contribution < -0.4 is 10.6 Å². The third-order valence-corrected chi connectivity index (χ3v) is 6.48. The van der Waals surface area contributed by atoms with E-state index < -0.39 is 0 Å². The average Bonchev–Trinajstić information content (AvgIpc) is 3.32. The molecule has 2 heterocycles. The third kappa shape index (κ3) is 5.52. The summed E-state index contributed by atoms with van der Waals surface area (Å²) in [6, 6.07) is 11.5. The summed E-state index contributed by atoms with van der Waals surface area (Å²) in [4.78, 5) is 0. The van der Waals surface area contributed by atoms with Gasteiger partial charge in [0.15, 0.2) is 10.9 Å². The van der Waals surface area contributed by atoms with Crippen molar-refractivity contribution in [1.82, 2.24) is 19.6 Å². The third-order valence-electron chi connectivity index (χ3n) is 5.22. The van der Waals surface area contributed by atoms with Gasteiger partial charge < -0.3 is 10.6 Å². The zero-order valence-corrected chi connectivity index (χ0v) is 21.3. The molecule has 0 fully saturated rings. The van der Waals surface area contributed by atoms with E-state index in [4.69, 9.17) is 47.0 Å². The molecule has 0 saturated heterocycles. The molecule has 2 N–H and O–H groups in total. The van der Waals surface area contributed by atoms with E-state index in [0.717, 1.165) is 28.2 Å². The number of nitrogens with one attached hydrogen (secondary N) is 2. The standard InChI is InChI=1S/C23H20Cl3FN6S/c1-13-22(14(2)33(30-13)11-15-6-7-16(27)10-20(15)26)29-23(34)28-21-8-9-32(31-21)12-17-18(24)4-3-5-19(17)25/h3-10H,11-12H2,1-2H3,(H2,28,29,31,34). The molecule has 11 heteroatoms. The number of halogens is 4. The van der Waals surface area contributed by atoms with E-state index in [1.54, 1.807) is 39.7 Å². The van der Waals surface area contributed by atoms with Crippen molar-refractivity contribution in [2.24, 2.45) is 0 Å². The van der Waals surface area contributed by atoms with Gasteiger partial charge in [-0.15, -0.1) is 0 Å². The predicted octanol–water partition coefficient (Wildman–Crippen LogP) is 6.70. The largest absolute Gasteiger partial charge is 0.329 e. The first-order valence-corrected chi connectivity index (χ1v) is 11.8. The topological polar surface area (TPSA) is 59.7 Å². The average molecular weight is 538 g/mol. The van der Waals surface area contributed by atoms with Gasteiger partial charge in [0.2, 0.25) is 0 Å². The monoisotopic (exact) mass is 536 g/mol. The van der Waals surface area contributed by atoms with E-state index in [0.29, 0.717) is 39.1 Å². The summed E-state index contributed by atoms with van der Waals surface area (Å²) >= 11 is 24.2. The van der Waals surface area contributed by atoms with Crippen LogP contribution in [-0.4, -0.2) is 24.7 Å². The molecule has 0 aliphatic rings. The van der Waals surface area contributed by atoms with Gasteiger partial charge in [-0.05, 0) is 55.9 Å². The van der Waals surface area contributed by atoms with E-state index >= 15 is 0 Å². The van der Waals surface area contributed by atoms with Crippen molar-refractivity contribution in [3.8, 4) is 0 Å². The lowest BCUT2D eigenvalue weighted by Gasteiger charge is -2.10. The first-order chi connectivity index (χ1) is 16.2. The molecule has 176 valence electrons. The van der Waals surface area contributed by atoms with Crippen molar-refractivity contribution < 1.29 is 4.39 Å². The molecule has 6 nitrogen and oxygen atoms in total. The van der Waals surface area contributed by atoms with Crippen molar-refractivity contribution in [2.45, 2.75) is 26.9 Å². The number of hydrogen-bond acceptors (Lipinski definition) is 3. The number of thiocarbonyl (C=S) groups is 1. The predicted molar refractivity (Wildman–Crippen MR) is 140 cm³/mol. The Morgan fingerprint density at radius 3 is 2.41 bits per heavy atom. The van der Waals surface area contributed by atoms with Crippen molar-refractivity contribution in [2.75, 3.05) is 10.6 Å². The summed E-state index contributed by atoms with van der Waals surface area (Å²) in [5.41, 5.74) is 3.96. The Labute approximate surface area is 216 Å². The van der Waals surface area contributed by atoms with Gasteiger partial charge >= 0.3 is 0 Å². The number of nitrogens with zero attached hydrogens (tertiary/aromatic N) is 4. The van der Waals surface area contributed by atoms with Crippen molar-refractivity contribution in [3.05, 3.63) is 92.1 Å². The summed E-state index contributed by atoms with van der Waals surface area (Å²) in [5.74, 6) is 0.194. The molecule has 2 aromatic heterocycles. The molecule has 0 bridgehead atoms. The fourth-order valence-electron chi connectivity index (χ4n) is 3.47. The summed E-state index contributed by atoms with van der Waals surface area (Å²) in [5, 5.41) is 17.2. The fraction of sp³-hybridized carbons (Fsp3) is 0.174. The molecule has 4 rings (SSSR count). The highest BCUT2D eigenvalue weighted by atomic mass is 35.5. The molecule has 0 saturated carbocycles. The van der Waals surface area contributed by atoms with Crippen molar-refractivity contribution in [3.63, 3.8) is 0 Å². The molecule has 0 aliphatic heterocycles. The van der Waals surface area contributed by atoms with Gasteiger partial charge in [0.25, 0.3) is 0 Å². The molecule has 2 aromatic carbocycles. The molecule has 0 atom stereocenters. The Bertz CT molecular complexity index is 1350. The van der Waals surface area contributed by atoms with Crippen molar-refractivity contribution >= 4 is 63.6 Å². The van der Waals surface area contributed by atoms with E-state index in [9.17, 15) is 4.39 Å². The van der Waals surface area contributed by atoms with Crippen LogP contribution in [0.5, 0.6) is 0 Å². The van der Waals surface area contributed by atoms with Gasteiger partial charge in [0.1, 0.15) is 5.82 Å². The molecule has 0 radical (unpaired) electrons. The first kappa shape index (κ1) is 24.5. The first-order valence-electron chi connectivity index (χ1n) is 10.2. The van der Waals surface area contributed by atoms with Crippen molar-refractivity contribution in [1.29, 1.82) is 0 Å². The van der Waals surface area contributed by atoms with Gasteiger partial charge in [-0.3, -0.25) is 9.36 Å². The quantitative estimate of drug-likeness (QED) is 0.268. The van der Waals surface area contributed by atoms with Crippen LogP contribution in [0, 0.1) is 19.7 Å². The fourth-order valence-corrected chi connectivity index (χ4v) is 4.42. The summed E-state index contributed by atoms with van der Waals surface area (Å²) < 4.78 is 16.9. The number of aromatic nitrogens is 4. The maximum Gasteiger partial charge on any atom is 0.176 e. The molecular formula is C23H20Cl3FN6S. The maximum absolute atomic E-state index is 13.3. The van der Waals surface area contributed by atoms with Gasteiger partial charge in [0.05, 0.1) is 30.2 Å². The molecule has 4 aromatic rings. The highest BCUT2D eigenvalue weighted by molar-refractivity contribution is 7.80. The zero-order valence-electron chi connectivity index (χ0n) is 18.2. The van der Waals surface area contributed by atoms with Crippen LogP contribution in [0.2, 0.25) is 15.1 Å². The molecule has 0 unspecified atom stereocenters. The molecule has 0 amide bonds. The second-order valence-electron chi connectivity index (χ2n) is 7.62. The van der Waals surface area contributed by atoms with Crippen LogP contribution in [0.1, 0.15) is 22.5 Å². The number of benzene rings is 2. The summed E-state index contributed by atoms with van der Waals surface area (Å²) in [6.07, 6.45) is 1.81. The van der Waals surface area contributed by atoms with E-state index in [1.807, 2.05) is 20.0 Å². The van der Waals surface area contributed by atoms with E-state index in [1.165, 1.54) is 12.1 Å². The SMILES string of the molecule is Cc1nn(Cc2ccc(F)cc2Cl)c(C)c1NC(=S)Nc1ccn(Cc2c(Cl)cccc2Cl)n1. The second-order valence-corrected chi connectivity index (χ2v) is 9.25. The number of anilines is 2. The lowest BCUT2D eigenvalue weighted by molar-refractivity contribution is 0.622. The van der Waals surface area contributed by atoms with Crippen LogP contribution in [0.3, 0.4) is 0 Å². The van der Waals surface area contributed by atoms with Crippen LogP contribution in [0.4, 0.5) is 15.9 Å². The number of aryl methyl sites for hydroxylation is 1. The van der Waals surface area contributed by atoms with E-state index in [-0.39, 0.29) is 5.82 Å². The second kappa shape index (κ2) is 10.3. The van der Waals surface area contributed by atoms with Gasteiger partial charge in [0, 0.05) is 32.9 Å². The Morgan fingerprint density at radius 1 is 0.971 bits per heavy atom. The highest BCUT2D eigenvalue weighted by Crippen LogP contribution is 2.26. The lowest BCUT2D eigenvalue weighted by atomic mass is 10.2. The van der Waals surface area contributed by atoms with Crippen LogP contribution >= 0.6 is 47.0 Å². The minimum atomic E-state index is -0.377. The smallest absolute Gasteiger partial charge is 0.176 e. The van der Waals surface area contributed by atoms with Crippen LogP contribution in [0.25, 0.3) is 0 Å². The minimum absolute atomic E-state index is 0.355. The molecular weight excluding hydrogens is 518 g/mol. The lowest BCUT2D eigenvalue weighted by Crippen LogP contribution is -2.20.